The van der Waals surface area contributed by atoms with Crippen molar-refractivity contribution >= 4 is 11.8 Å². The van der Waals surface area contributed by atoms with Crippen LogP contribution in [-0.2, 0) is 0 Å². The zero-order chi connectivity index (χ0) is 11.3. The average molecular weight is 241 g/mol. The van der Waals surface area contributed by atoms with Crippen LogP contribution >= 0.6 is 11.8 Å². The van der Waals surface area contributed by atoms with Crippen LogP contribution in [-0.4, -0.2) is 24.1 Å². The zero-order valence-electron chi connectivity index (χ0n) is 10.8. The lowest BCUT2D eigenvalue weighted by Crippen LogP contribution is -2.40. The van der Waals surface area contributed by atoms with Crippen molar-refractivity contribution in [2.75, 3.05) is 19.3 Å². The molecule has 0 aromatic heterocycles. The van der Waals surface area contributed by atoms with Gasteiger partial charge in [-0.05, 0) is 44.4 Å². The summed E-state index contributed by atoms with van der Waals surface area (Å²) in [5.41, 5.74) is 0. The highest BCUT2D eigenvalue weighted by molar-refractivity contribution is 8.00. The molecule has 1 nitrogen and oxygen atoms in total. The van der Waals surface area contributed by atoms with Gasteiger partial charge < -0.3 is 5.32 Å². The Morgan fingerprint density at radius 2 is 1.75 bits per heavy atom. The third-order valence-corrected chi connectivity index (χ3v) is 5.97. The maximum Gasteiger partial charge on any atom is 0.0281 e. The molecule has 0 unspecified atom stereocenters. The van der Waals surface area contributed by atoms with Gasteiger partial charge in [0.15, 0.2) is 0 Å². The number of hydrogen-bond donors (Lipinski definition) is 1. The van der Waals surface area contributed by atoms with Gasteiger partial charge in [-0.2, -0.15) is 11.8 Å². The Balaban J connectivity index is 1.69. The average Bonchev–Trinajstić information content (AvgIpc) is 2.83. The predicted molar refractivity (Wildman–Crippen MR) is 74.2 cm³/mol. The number of nitrogens with one attached hydrogen (secondary N) is 1. The normalized spacial score (nSPS) is 26.1. The highest BCUT2D eigenvalue weighted by Crippen LogP contribution is 2.38. The van der Waals surface area contributed by atoms with Gasteiger partial charge >= 0.3 is 0 Å². The molecule has 0 aliphatic heterocycles. The van der Waals surface area contributed by atoms with Crippen LogP contribution in [0.4, 0.5) is 0 Å². The summed E-state index contributed by atoms with van der Waals surface area (Å²) in [6.07, 6.45) is 15.4. The lowest BCUT2D eigenvalue weighted by Gasteiger charge is -2.36. The van der Waals surface area contributed by atoms with Gasteiger partial charge in [0.2, 0.25) is 0 Å². The lowest BCUT2D eigenvalue weighted by atomic mass is 9.88. The van der Waals surface area contributed by atoms with Crippen LogP contribution in [0.1, 0.15) is 57.8 Å². The molecule has 2 saturated carbocycles. The van der Waals surface area contributed by atoms with E-state index in [-0.39, 0.29) is 0 Å². The van der Waals surface area contributed by atoms with Crippen molar-refractivity contribution in [3.05, 3.63) is 0 Å². The van der Waals surface area contributed by atoms with Gasteiger partial charge in [-0.1, -0.05) is 32.1 Å². The SMILES string of the molecule is CSC1(CNCC2CCCC2)CCCCC1. The molecule has 1 N–H and O–H groups in total. The minimum atomic E-state index is 0.580. The fourth-order valence-electron chi connectivity index (χ4n) is 3.37. The van der Waals surface area contributed by atoms with Gasteiger partial charge in [-0.25, -0.2) is 0 Å². The van der Waals surface area contributed by atoms with E-state index in [4.69, 9.17) is 0 Å². The van der Waals surface area contributed by atoms with E-state index in [1.165, 1.54) is 70.9 Å². The largest absolute Gasteiger partial charge is 0.315 e. The Kier molecular flexibility index (Phi) is 5.02. The van der Waals surface area contributed by atoms with E-state index in [2.05, 4.69) is 23.3 Å². The fourth-order valence-corrected chi connectivity index (χ4v) is 4.31. The quantitative estimate of drug-likeness (QED) is 0.785. The van der Waals surface area contributed by atoms with Crippen LogP contribution in [0.25, 0.3) is 0 Å². The van der Waals surface area contributed by atoms with E-state index < -0.39 is 0 Å². The van der Waals surface area contributed by atoms with Gasteiger partial charge in [-0.15, -0.1) is 0 Å². The molecule has 0 heterocycles. The minimum Gasteiger partial charge on any atom is -0.315 e. The molecule has 2 heteroatoms. The Labute approximate surface area is 105 Å². The summed E-state index contributed by atoms with van der Waals surface area (Å²) in [5, 5.41) is 3.77. The maximum atomic E-state index is 3.77. The molecule has 0 bridgehead atoms. The molecule has 2 aliphatic carbocycles. The third-order valence-electron chi connectivity index (χ3n) is 4.55. The van der Waals surface area contributed by atoms with Crippen molar-refractivity contribution < 1.29 is 0 Å². The van der Waals surface area contributed by atoms with Crippen LogP contribution in [0.2, 0.25) is 0 Å². The Bertz CT molecular complexity index is 193. The van der Waals surface area contributed by atoms with Gasteiger partial charge in [0.1, 0.15) is 0 Å². The van der Waals surface area contributed by atoms with Crippen LogP contribution in [0.3, 0.4) is 0 Å². The Hall–Kier alpha value is 0.310. The first-order chi connectivity index (χ1) is 7.85. The molecule has 0 spiro atoms. The number of hydrogen-bond acceptors (Lipinski definition) is 2. The standard InChI is InChI=1S/C14H27NS/c1-16-14(9-5-2-6-10-14)12-15-11-13-7-3-4-8-13/h13,15H,2-12H2,1H3. The Morgan fingerprint density at radius 1 is 1.06 bits per heavy atom. The molecule has 0 aromatic rings. The molecule has 2 fully saturated rings. The van der Waals surface area contributed by atoms with E-state index in [1.54, 1.807) is 0 Å². The summed E-state index contributed by atoms with van der Waals surface area (Å²) >= 11 is 2.11. The van der Waals surface area contributed by atoms with Crippen LogP contribution in [0.5, 0.6) is 0 Å². The van der Waals surface area contributed by atoms with E-state index in [1.807, 2.05) is 0 Å². The Morgan fingerprint density at radius 3 is 2.38 bits per heavy atom. The highest BCUT2D eigenvalue weighted by atomic mass is 32.2. The van der Waals surface area contributed by atoms with Crippen molar-refractivity contribution in [1.82, 2.24) is 5.32 Å². The molecule has 2 aliphatic rings. The van der Waals surface area contributed by atoms with Gasteiger partial charge in [-0.3, -0.25) is 0 Å². The molecular formula is C14H27NS. The summed E-state index contributed by atoms with van der Waals surface area (Å²) in [7, 11) is 0. The van der Waals surface area contributed by atoms with E-state index >= 15 is 0 Å². The number of rotatable bonds is 5. The van der Waals surface area contributed by atoms with Gasteiger partial charge in [0.25, 0.3) is 0 Å². The summed E-state index contributed by atoms with van der Waals surface area (Å²) < 4.78 is 0.580. The third kappa shape index (κ3) is 3.40. The fraction of sp³-hybridized carbons (Fsp3) is 1.00. The molecule has 0 atom stereocenters. The summed E-state index contributed by atoms with van der Waals surface area (Å²) in [4.78, 5) is 0. The molecule has 16 heavy (non-hydrogen) atoms. The zero-order valence-corrected chi connectivity index (χ0v) is 11.6. The smallest absolute Gasteiger partial charge is 0.0281 e. The summed E-state index contributed by atoms with van der Waals surface area (Å²) in [5.74, 6) is 0.988. The number of thioether (sulfide) groups is 1. The molecule has 94 valence electrons. The second-order valence-corrected chi connectivity index (χ2v) is 7.00. The van der Waals surface area contributed by atoms with E-state index in [0.717, 1.165) is 5.92 Å². The lowest BCUT2D eigenvalue weighted by molar-refractivity contribution is 0.366. The second kappa shape index (κ2) is 6.30. The first-order valence-corrected chi connectivity index (χ1v) is 8.33. The van der Waals surface area contributed by atoms with Crippen molar-refractivity contribution in [3.8, 4) is 0 Å². The minimum absolute atomic E-state index is 0.580. The van der Waals surface area contributed by atoms with Crippen molar-refractivity contribution in [2.24, 2.45) is 5.92 Å². The van der Waals surface area contributed by atoms with E-state index in [9.17, 15) is 0 Å². The second-order valence-electron chi connectivity index (χ2n) is 5.73. The van der Waals surface area contributed by atoms with Crippen LogP contribution in [0.15, 0.2) is 0 Å². The van der Waals surface area contributed by atoms with E-state index in [0.29, 0.717) is 4.75 Å². The van der Waals surface area contributed by atoms with Crippen molar-refractivity contribution in [1.29, 1.82) is 0 Å². The topological polar surface area (TPSA) is 12.0 Å². The monoisotopic (exact) mass is 241 g/mol. The molecule has 0 aromatic carbocycles. The van der Waals surface area contributed by atoms with Crippen LogP contribution in [0, 0.1) is 5.92 Å². The van der Waals surface area contributed by atoms with Gasteiger partial charge in [0, 0.05) is 11.3 Å². The van der Waals surface area contributed by atoms with Crippen molar-refractivity contribution in [3.63, 3.8) is 0 Å². The molecule has 0 radical (unpaired) electrons. The molecular weight excluding hydrogens is 214 g/mol. The molecule has 0 saturated heterocycles. The summed E-state index contributed by atoms with van der Waals surface area (Å²) in [6.45, 7) is 2.53. The highest BCUT2D eigenvalue weighted by Gasteiger charge is 2.30. The van der Waals surface area contributed by atoms with Crippen LogP contribution < -0.4 is 5.32 Å². The van der Waals surface area contributed by atoms with Gasteiger partial charge in [0.05, 0.1) is 0 Å². The molecule has 0 amide bonds. The predicted octanol–water partition coefficient (Wildman–Crippen LogP) is 3.83. The summed E-state index contributed by atoms with van der Waals surface area (Å²) in [6, 6.07) is 0. The maximum absolute atomic E-state index is 3.77. The van der Waals surface area contributed by atoms with Crippen molar-refractivity contribution in [2.45, 2.75) is 62.5 Å². The first-order valence-electron chi connectivity index (χ1n) is 7.10. The molecule has 2 rings (SSSR count). The first kappa shape index (κ1) is 12.8.